The largest absolute Gasteiger partial charge is 0.333 e. The number of benzene rings is 1. The third-order valence-corrected chi connectivity index (χ3v) is 4.00. The van der Waals surface area contributed by atoms with Gasteiger partial charge in [0, 0.05) is 30.7 Å². The Morgan fingerprint density at radius 3 is 3.00 bits per heavy atom. The molecule has 1 aliphatic heterocycles. The number of carbonyl (C=O) groups excluding carboxylic acids is 1. The Kier molecular flexibility index (Phi) is 3.66. The van der Waals surface area contributed by atoms with Crippen LogP contribution in [-0.4, -0.2) is 56.2 Å². The summed E-state index contributed by atoms with van der Waals surface area (Å²) in [6.07, 6.45) is 1.51. The second kappa shape index (κ2) is 5.61. The van der Waals surface area contributed by atoms with Crippen LogP contribution in [0.25, 0.3) is 5.69 Å². The molecule has 1 fully saturated rings. The van der Waals surface area contributed by atoms with Crippen molar-refractivity contribution < 1.29 is 4.79 Å². The quantitative estimate of drug-likeness (QED) is 0.869. The lowest BCUT2D eigenvalue weighted by Crippen LogP contribution is -2.57. The van der Waals surface area contributed by atoms with Crippen LogP contribution in [0.3, 0.4) is 0 Å². The van der Waals surface area contributed by atoms with Gasteiger partial charge in [-0.05, 0) is 42.5 Å². The van der Waals surface area contributed by atoms with E-state index in [4.69, 9.17) is 0 Å². The van der Waals surface area contributed by atoms with Crippen LogP contribution < -0.4 is 5.32 Å². The molecule has 2 unspecified atom stereocenters. The van der Waals surface area contributed by atoms with Crippen LogP contribution >= 0.6 is 0 Å². The smallest absolute Gasteiger partial charge is 0.254 e. The molecule has 1 aliphatic rings. The van der Waals surface area contributed by atoms with E-state index in [1.165, 1.54) is 6.33 Å². The Morgan fingerprint density at radius 2 is 2.24 bits per heavy atom. The Morgan fingerprint density at radius 1 is 1.38 bits per heavy atom. The monoisotopic (exact) mass is 286 g/mol. The number of aromatic nitrogens is 4. The van der Waals surface area contributed by atoms with E-state index < -0.39 is 0 Å². The molecule has 7 heteroatoms. The molecule has 2 aromatic rings. The van der Waals surface area contributed by atoms with Crippen molar-refractivity contribution in [2.75, 3.05) is 13.1 Å². The fourth-order valence-corrected chi connectivity index (χ4v) is 2.57. The maximum Gasteiger partial charge on any atom is 0.254 e. The number of hydrogen-bond donors (Lipinski definition) is 1. The number of nitrogens with zero attached hydrogens (tertiary/aromatic N) is 5. The summed E-state index contributed by atoms with van der Waals surface area (Å²) in [4.78, 5) is 14.6. The zero-order valence-corrected chi connectivity index (χ0v) is 12.1. The molecule has 7 nitrogen and oxygen atoms in total. The number of rotatable bonds is 2. The van der Waals surface area contributed by atoms with E-state index in [2.05, 4.69) is 34.7 Å². The van der Waals surface area contributed by atoms with E-state index in [9.17, 15) is 4.79 Å². The lowest BCUT2D eigenvalue weighted by molar-refractivity contribution is 0.0603. The molecule has 3 rings (SSSR count). The lowest BCUT2D eigenvalue weighted by Gasteiger charge is -2.38. The van der Waals surface area contributed by atoms with Crippen LogP contribution in [-0.2, 0) is 0 Å². The number of amides is 1. The molecule has 1 saturated heterocycles. The van der Waals surface area contributed by atoms with E-state index in [1.54, 1.807) is 4.68 Å². The lowest BCUT2D eigenvalue weighted by atomic mass is 10.1. The highest BCUT2D eigenvalue weighted by Gasteiger charge is 2.28. The first-order chi connectivity index (χ1) is 10.2. The van der Waals surface area contributed by atoms with E-state index in [0.717, 1.165) is 18.8 Å². The van der Waals surface area contributed by atoms with Gasteiger partial charge in [-0.3, -0.25) is 4.79 Å². The van der Waals surface area contributed by atoms with Gasteiger partial charge in [0.25, 0.3) is 5.91 Å². The van der Waals surface area contributed by atoms with Crippen LogP contribution in [0.5, 0.6) is 0 Å². The standard InChI is InChI=1S/C14H18N6O/c1-10-11(2)19(7-6-15-10)14(21)12-4-3-5-13(8-12)20-9-16-17-18-20/h3-5,8-11,15H,6-7H2,1-2H3. The summed E-state index contributed by atoms with van der Waals surface area (Å²) in [6.45, 7) is 5.71. The van der Waals surface area contributed by atoms with Crippen LogP contribution in [0.4, 0.5) is 0 Å². The van der Waals surface area contributed by atoms with E-state index in [1.807, 2.05) is 29.2 Å². The summed E-state index contributed by atoms with van der Waals surface area (Å²) in [5.41, 5.74) is 1.44. The normalized spacial score (nSPS) is 22.3. The maximum atomic E-state index is 12.7. The summed E-state index contributed by atoms with van der Waals surface area (Å²) in [5, 5.41) is 14.5. The van der Waals surface area contributed by atoms with Gasteiger partial charge in [0.05, 0.1) is 5.69 Å². The fraction of sp³-hybridized carbons (Fsp3) is 0.429. The van der Waals surface area contributed by atoms with E-state index >= 15 is 0 Å². The molecule has 1 aromatic heterocycles. The molecule has 1 aromatic carbocycles. The molecule has 2 heterocycles. The van der Waals surface area contributed by atoms with Gasteiger partial charge < -0.3 is 10.2 Å². The summed E-state index contributed by atoms with van der Waals surface area (Å²) < 4.78 is 1.54. The predicted octanol–water partition coefficient (Wildman–Crippen LogP) is 0.485. The Bertz CT molecular complexity index is 626. The van der Waals surface area contributed by atoms with Crippen molar-refractivity contribution >= 4 is 5.91 Å². The zero-order valence-electron chi connectivity index (χ0n) is 12.1. The average Bonchev–Trinajstić information content (AvgIpc) is 3.04. The molecular weight excluding hydrogens is 268 g/mol. The van der Waals surface area contributed by atoms with E-state index in [0.29, 0.717) is 11.6 Å². The van der Waals surface area contributed by atoms with E-state index in [-0.39, 0.29) is 11.9 Å². The van der Waals surface area contributed by atoms with Gasteiger partial charge in [0.15, 0.2) is 0 Å². The third kappa shape index (κ3) is 2.64. The summed E-state index contributed by atoms with van der Waals surface area (Å²) in [5.74, 6) is 0.0470. The number of carbonyl (C=O) groups is 1. The summed E-state index contributed by atoms with van der Waals surface area (Å²) in [7, 11) is 0. The minimum Gasteiger partial charge on any atom is -0.333 e. The maximum absolute atomic E-state index is 12.7. The molecular formula is C14H18N6O. The summed E-state index contributed by atoms with van der Waals surface area (Å²) in [6, 6.07) is 7.83. The molecule has 110 valence electrons. The minimum absolute atomic E-state index is 0.0470. The first kappa shape index (κ1) is 13.7. The first-order valence-corrected chi connectivity index (χ1v) is 7.04. The highest BCUT2D eigenvalue weighted by Crippen LogP contribution is 2.16. The van der Waals surface area contributed by atoms with Gasteiger partial charge >= 0.3 is 0 Å². The molecule has 2 atom stereocenters. The molecule has 0 bridgehead atoms. The minimum atomic E-state index is 0.0470. The Labute approximate surface area is 122 Å². The van der Waals surface area contributed by atoms with Crippen molar-refractivity contribution in [2.45, 2.75) is 25.9 Å². The van der Waals surface area contributed by atoms with Crippen LogP contribution in [0, 0.1) is 0 Å². The third-order valence-electron chi connectivity index (χ3n) is 4.00. The number of piperazine rings is 1. The molecule has 0 saturated carbocycles. The molecule has 0 aliphatic carbocycles. The zero-order chi connectivity index (χ0) is 14.8. The highest BCUT2D eigenvalue weighted by molar-refractivity contribution is 5.95. The fourth-order valence-electron chi connectivity index (χ4n) is 2.57. The Balaban J connectivity index is 1.86. The Hall–Kier alpha value is -2.28. The second-order valence-electron chi connectivity index (χ2n) is 5.29. The molecule has 0 spiro atoms. The topological polar surface area (TPSA) is 75.9 Å². The summed E-state index contributed by atoms with van der Waals surface area (Å²) >= 11 is 0. The molecule has 21 heavy (non-hydrogen) atoms. The highest BCUT2D eigenvalue weighted by atomic mass is 16.2. The van der Waals surface area contributed by atoms with Gasteiger partial charge in [0.2, 0.25) is 0 Å². The van der Waals surface area contributed by atoms with Gasteiger partial charge in [0.1, 0.15) is 6.33 Å². The van der Waals surface area contributed by atoms with Gasteiger partial charge in [-0.1, -0.05) is 6.07 Å². The number of tetrazole rings is 1. The van der Waals surface area contributed by atoms with Crippen LogP contribution in [0.2, 0.25) is 0 Å². The van der Waals surface area contributed by atoms with Crippen LogP contribution in [0.1, 0.15) is 24.2 Å². The molecule has 0 radical (unpaired) electrons. The molecule has 1 amide bonds. The first-order valence-electron chi connectivity index (χ1n) is 7.04. The van der Waals surface area contributed by atoms with Gasteiger partial charge in [-0.25, -0.2) is 4.68 Å². The average molecular weight is 286 g/mol. The molecule has 1 N–H and O–H groups in total. The number of nitrogens with one attached hydrogen (secondary N) is 1. The van der Waals surface area contributed by atoms with Crippen molar-refractivity contribution in [2.24, 2.45) is 0 Å². The van der Waals surface area contributed by atoms with Crippen molar-refractivity contribution in [3.63, 3.8) is 0 Å². The second-order valence-corrected chi connectivity index (χ2v) is 5.29. The van der Waals surface area contributed by atoms with Crippen molar-refractivity contribution in [1.82, 2.24) is 30.4 Å². The van der Waals surface area contributed by atoms with Crippen molar-refractivity contribution in [1.29, 1.82) is 0 Å². The van der Waals surface area contributed by atoms with Gasteiger partial charge in [-0.15, -0.1) is 5.10 Å². The van der Waals surface area contributed by atoms with Gasteiger partial charge in [-0.2, -0.15) is 0 Å². The number of hydrogen-bond acceptors (Lipinski definition) is 5. The van der Waals surface area contributed by atoms with Crippen LogP contribution in [0.15, 0.2) is 30.6 Å². The predicted molar refractivity (Wildman–Crippen MR) is 77.1 cm³/mol. The van der Waals surface area contributed by atoms with Crippen molar-refractivity contribution in [3.05, 3.63) is 36.2 Å². The van der Waals surface area contributed by atoms with Crippen molar-refractivity contribution in [3.8, 4) is 5.69 Å². The SMILES string of the molecule is CC1NCCN(C(=O)c2cccc(-n3cnnn3)c2)C1C.